The molecular weight excluding hydrogens is 397 g/mol. The van der Waals surface area contributed by atoms with Crippen molar-refractivity contribution in [3.63, 3.8) is 0 Å². The zero-order valence-electron chi connectivity index (χ0n) is 13.1. The molecule has 1 aliphatic rings. The zero-order valence-corrected chi connectivity index (χ0v) is 15.4. The van der Waals surface area contributed by atoms with E-state index in [1.165, 1.54) is 24.3 Å². The van der Waals surface area contributed by atoms with Crippen molar-refractivity contribution in [2.75, 3.05) is 0 Å². The third-order valence-corrected chi connectivity index (χ3v) is 5.37. The minimum Gasteiger partial charge on any atom is -0.479 e. The zero-order chi connectivity index (χ0) is 18.8. The smallest absolute Gasteiger partial charge is 0.331 e. The highest BCUT2D eigenvalue weighted by atomic mass is 35.5. The summed E-state index contributed by atoms with van der Waals surface area (Å²) in [5.74, 6) is -2.39. The predicted molar refractivity (Wildman–Crippen MR) is 103 cm³/mol. The van der Waals surface area contributed by atoms with Crippen molar-refractivity contribution in [2.45, 2.75) is 6.04 Å². The first-order valence-corrected chi connectivity index (χ1v) is 8.99. The van der Waals surface area contributed by atoms with E-state index in [4.69, 9.17) is 23.8 Å². The molecule has 1 atom stereocenters. The molecule has 3 rings (SSSR count). The van der Waals surface area contributed by atoms with Crippen LogP contribution >= 0.6 is 35.6 Å². The SMILES string of the molecule is O=C(O)C(c1ccccc1)N1C(=O)/C(=C\c2c(F)cccc2Cl)SC1=S. The normalized spacial score (nSPS) is 17.0. The van der Waals surface area contributed by atoms with E-state index in [1.807, 2.05) is 0 Å². The molecule has 26 heavy (non-hydrogen) atoms. The Hall–Kier alpha value is -2.22. The van der Waals surface area contributed by atoms with Gasteiger partial charge in [-0.25, -0.2) is 9.18 Å². The number of nitrogens with zero attached hydrogens (tertiary/aromatic N) is 1. The third-order valence-electron chi connectivity index (χ3n) is 3.71. The van der Waals surface area contributed by atoms with Crippen LogP contribution in [0.4, 0.5) is 4.39 Å². The Bertz CT molecular complexity index is 913. The van der Waals surface area contributed by atoms with Gasteiger partial charge in [-0.15, -0.1) is 0 Å². The van der Waals surface area contributed by atoms with Gasteiger partial charge in [-0.2, -0.15) is 0 Å². The number of thioether (sulfide) groups is 1. The van der Waals surface area contributed by atoms with Crippen LogP contribution in [0.2, 0.25) is 5.02 Å². The highest BCUT2D eigenvalue weighted by Gasteiger charge is 2.41. The summed E-state index contributed by atoms with van der Waals surface area (Å²) in [6, 6.07) is 11.2. The fourth-order valence-electron chi connectivity index (χ4n) is 2.52. The van der Waals surface area contributed by atoms with Gasteiger partial charge < -0.3 is 5.11 Å². The van der Waals surface area contributed by atoms with Crippen LogP contribution in [0.3, 0.4) is 0 Å². The number of halogens is 2. The summed E-state index contributed by atoms with van der Waals surface area (Å²) in [6.45, 7) is 0. The average Bonchev–Trinajstić information content (AvgIpc) is 2.87. The first-order valence-electron chi connectivity index (χ1n) is 7.39. The summed E-state index contributed by atoms with van der Waals surface area (Å²) in [4.78, 5) is 25.7. The molecule has 1 saturated heterocycles. The molecule has 2 aromatic carbocycles. The van der Waals surface area contributed by atoms with Crippen molar-refractivity contribution in [1.82, 2.24) is 4.90 Å². The van der Waals surface area contributed by atoms with Gasteiger partial charge in [0.1, 0.15) is 10.1 Å². The molecule has 1 aliphatic heterocycles. The lowest BCUT2D eigenvalue weighted by Crippen LogP contribution is -2.37. The van der Waals surface area contributed by atoms with Gasteiger partial charge in [0, 0.05) is 5.56 Å². The van der Waals surface area contributed by atoms with Gasteiger partial charge in [0.25, 0.3) is 5.91 Å². The summed E-state index contributed by atoms with van der Waals surface area (Å²) < 4.78 is 14.1. The summed E-state index contributed by atoms with van der Waals surface area (Å²) in [7, 11) is 0. The molecule has 4 nitrogen and oxygen atoms in total. The fraction of sp³-hybridized carbons (Fsp3) is 0.0556. The van der Waals surface area contributed by atoms with E-state index < -0.39 is 23.7 Å². The number of benzene rings is 2. The number of carbonyl (C=O) groups excluding carboxylic acids is 1. The van der Waals surface area contributed by atoms with E-state index in [1.54, 1.807) is 30.3 Å². The number of carboxylic acids is 1. The van der Waals surface area contributed by atoms with Gasteiger partial charge in [0.15, 0.2) is 6.04 Å². The van der Waals surface area contributed by atoms with Crippen molar-refractivity contribution >= 4 is 57.9 Å². The van der Waals surface area contributed by atoms with Gasteiger partial charge in [-0.1, -0.05) is 72.0 Å². The second-order valence-corrected chi connectivity index (χ2v) is 7.42. The summed E-state index contributed by atoms with van der Waals surface area (Å²) in [5, 5.41) is 9.77. The first-order chi connectivity index (χ1) is 12.4. The van der Waals surface area contributed by atoms with Crippen molar-refractivity contribution in [3.05, 3.63) is 75.4 Å². The molecule has 132 valence electrons. The lowest BCUT2D eigenvalue weighted by molar-refractivity contribution is -0.145. The quantitative estimate of drug-likeness (QED) is 0.597. The number of hydrogen-bond acceptors (Lipinski definition) is 4. The van der Waals surface area contributed by atoms with Crippen molar-refractivity contribution < 1.29 is 19.1 Å². The molecule has 0 radical (unpaired) electrons. The molecule has 1 heterocycles. The Morgan fingerprint density at radius 3 is 2.54 bits per heavy atom. The molecule has 0 bridgehead atoms. The predicted octanol–water partition coefficient (Wildman–Crippen LogP) is 4.51. The second-order valence-electron chi connectivity index (χ2n) is 5.34. The van der Waals surface area contributed by atoms with Gasteiger partial charge in [-0.3, -0.25) is 9.69 Å². The van der Waals surface area contributed by atoms with Crippen LogP contribution in [0.15, 0.2) is 53.4 Å². The van der Waals surface area contributed by atoms with Crippen LogP contribution in [0, 0.1) is 5.82 Å². The van der Waals surface area contributed by atoms with Crippen LogP contribution in [0.25, 0.3) is 6.08 Å². The number of aliphatic carboxylic acids is 1. The fourth-order valence-corrected chi connectivity index (χ4v) is 4.03. The minimum atomic E-state index is -1.26. The maximum absolute atomic E-state index is 14.0. The first kappa shape index (κ1) is 18.6. The maximum Gasteiger partial charge on any atom is 0.331 e. The molecule has 8 heteroatoms. The topological polar surface area (TPSA) is 57.6 Å². The average molecular weight is 408 g/mol. The molecule has 1 unspecified atom stereocenters. The molecule has 1 amide bonds. The van der Waals surface area contributed by atoms with Gasteiger partial charge in [0.2, 0.25) is 0 Å². The van der Waals surface area contributed by atoms with E-state index in [0.29, 0.717) is 5.56 Å². The number of rotatable bonds is 4. The summed E-state index contributed by atoms with van der Waals surface area (Å²) >= 11 is 12.1. The lowest BCUT2D eigenvalue weighted by Gasteiger charge is -2.23. The van der Waals surface area contributed by atoms with Crippen LogP contribution in [0.1, 0.15) is 17.2 Å². The molecule has 0 spiro atoms. The largest absolute Gasteiger partial charge is 0.479 e. The number of carbonyl (C=O) groups is 2. The van der Waals surface area contributed by atoms with E-state index in [9.17, 15) is 19.1 Å². The Morgan fingerprint density at radius 2 is 1.92 bits per heavy atom. The standard InChI is InChI=1S/C18H11ClFNO3S2/c19-12-7-4-8-13(20)11(12)9-14-16(22)21(18(25)26-14)15(17(23)24)10-5-2-1-3-6-10/h1-9,15H,(H,23,24)/b14-9+. The van der Waals surface area contributed by atoms with E-state index >= 15 is 0 Å². The molecule has 1 N–H and O–H groups in total. The highest BCUT2D eigenvalue weighted by Crippen LogP contribution is 2.39. The van der Waals surface area contributed by atoms with E-state index in [2.05, 4.69) is 0 Å². The Labute approximate surface area is 163 Å². The molecule has 1 fully saturated rings. The highest BCUT2D eigenvalue weighted by molar-refractivity contribution is 8.26. The van der Waals surface area contributed by atoms with Crippen molar-refractivity contribution in [1.29, 1.82) is 0 Å². The molecule has 0 aromatic heterocycles. The van der Waals surface area contributed by atoms with Crippen LogP contribution in [-0.4, -0.2) is 26.2 Å². The monoisotopic (exact) mass is 407 g/mol. The van der Waals surface area contributed by atoms with Crippen molar-refractivity contribution in [2.24, 2.45) is 0 Å². The number of carboxylic acid groups (broad SMARTS) is 1. The molecule has 0 aliphatic carbocycles. The number of amides is 1. The van der Waals surface area contributed by atoms with E-state index in [-0.39, 0.29) is 19.8 Å². The molecule has 2 aromatic rings. The minimum absolute atomic E-state index is 0.0567. The number of thiocarbonyl (C=S) groups is 1. The molecular formula is C18H11ClFNO3S2. The molecule has 0 saturated carbocycles. The summed E-state index contributed by atoms with van der Waals surface area (Å²) in [5.41, 5.74) is 0.475. The second kappa shape index (κ2) is 7.57. The Morgan fingerprint density at radius 1 is 1.23 bits per heavy atom. The van der Waals surface area contributed by atoms with E-state index in [0.717, 1.165) is 16.7 Å². The third kappa shape index (κ3) is 3.51. The van der Waals surface area contributed by atoms with Gasteiger partial charge in [0.05, 0.1) is 9.93 Å². The number of hydrogen-bond donors (Lipinski definition) is 1. The lowest BCUT2D eigenvalue weighted by atomic mass is 10.1. The van der Waals surface area contributed by atoms with Gasteiger partial charge in [-0.05, 0) is 23.8 Å². The van der Waals surface area contributed by atoms with Crippen LogP contribution in [0.5, 0.6) is 0 Å². The van der Waals surface area contributed by atoms with Crippen LogP contribution in [-0.2, 0) is 9.59 Å². The van der Waals surface area contributed by atoms with Gasteiger partial charge >= 0.3 is 5.97 Å². The Kier molecular flexibility index (Phi) is 5.41. The Balaban J connectivity index is 2.01. The van der Waals surface area contributed by atoms with Crippen LogP contribution < -0.4 is 0 Å². The van der Waals surface area contributed by atoms with Crippen molar-refractivity contribution in [3.8, 4) is 0 Å². The summed E-state index contributed by atoms with van der Waals surface area (Å²) in [6.07, 6.45) is 1.29. The maximum atomic E-state index is 14.0.